The van der Waals surface area contributed by atoms with Crippen LogP contribution in [0.4, 0.5) is 26.3 Å². The summed E-state index contributed by atoms with van der Waals surface area (Å²) in [5.41, 5.74) is 0. The van der Waals surface area contributed by atoms with Crippen molar-refractivity contribution in [2.75, 3.05) is 0 Å². The predicted molar refractivity (Wildman–Crippen MR) is 71.6 cm³/mol. The van der Waals surface area contributed by atoms with Crippen LogP contribution in [0.3, 0.4) is 0 Å². The molecule has 0 spiro atoms. The van der Waals surface area contributed by atoms with Crippen molar-refractivity contribution in [3.8, 4) is 0 Å². The smallest absolute Gasteiger partial charge is 0.471 e. The largest absolute Gasteiger partial charge is 0.481 e. The number of carbonyl (C=O) groups is 6. The van der Waals surface area contributed by atoms with Gasteiger partial charge in [0.25, 0.3) is 0 Å². The molecule has 17 heteroatoms. The summed E-state index contributed by atoms with van der Waals surface area (Å²) >= 11 is 0. The van der Waals surface area contributed by atoms with E-state index in [1.807, 2.05) is 0 Å². The molecule has 0 heterocycles. The SMILES string of the molecule is O=C(O)C[C@@H](NC(=O)C(F)(F)F)C(=O)OC(=O)[C@@H](CC(=O)O)NC(=O)C(F)(F)F. The van der Waals surface area contributed by atoms with Gasteiger partial charge in [0.15, 0.2) is 0 Å². The monoisotopic (exact) mass is 440 g/mol. The number of halogens is 6. The Morgan fingerprint density at radius 2 is 0.966 bits per heavy atom. The second-order valence-corrected chi connectivity index (χ2v) is 4.98. The highest BCUT2D eigenvalue weighted by Gasteiger charge is 2.44. The Morgan fingerprint density at radius 1 is 0.690 bits per heavy atom. The molecule has 0 aromatic carbocycles. The third kappa shape index (κ3) is 9.38. The first-order chi connectivity index (χ1) is 12.9. The first-order valence-electron chi connectivity index (χ1n) is 6.89. The highest BCUT2D eigenvalue weighted by Crippen LogP contribution is 2.16. The second kappa shape index (κ2) is 9.69. The normalized spacial score (nSPS) is 13.6. The van der Waals surface area contributed by atoms with Crippen molar-refractivity contribution in [3.05, 3.63) is 0 Å². The van der Waals surface area contributed by atoms with E-state index >= 15 is 0 Å². The Hall–Kier alpha value is -3.40. The van der Waals surface area contributed by atoms with Gasteiger partial charge in [-0.05, 0) is 0 Å². The Bertz CT molecular complexity index is 645. The summed E-state index contributed by atoms with van der Waals surface area (Å²) in [6.45, 7) is 0. The molecular formula is C12H10F6N2O9. The van der Waals surface area contributed by atoms with Gasteiger partial charge in [-0.1, -0.05) is 0 Å². The van der Waals surface area contributed by atoms with Crippen molar-refractivity contribution in [3.63, 3.8) is 0 Å². The Labute approximate surface area is 155 Å². The molecule has 0 aromatic rings. The van der Waals surface area contributed by atoms with Gasteiger partial charge in [-0.15, -0.1) is 0 Å². The Kier molecular flexibility index (Phi) is 8.56. The van der Waals surface area contributed by atoms with E-state index in [0.29, 0.717) is 0 Å². The van der Waals surface area contributed by atoms with E-state index in [0.717, 1.165) is 10.6 Å². The van der Waals surface area contributed by atoms with E-state index in [1.165, 1.54) is 0 Å². The van der Waals surface area contributed by atoms with Crippen molar-refractivity contribution in [2.24, 2.45) is 0 Å². The summed E-state index contributed by atoms with van der Waals surface area (Å²) in [5, 5.41) is 18.8. The lowest BCUT2D eigenvalue weighted by Gasteiger charge is -2.19. The zero-order valence-corrected chi connectivity index (χ0v) is 13.6. The number of carbonyl (C=O) groups excluding carboxylic acids is 4. The van der Waals surface area contributed by atoms with E-state index in [4.69, 9.17) is 10.2 Å². The van der Waals surface area contributed by atoms with E-state index in [9.17, 15) is 55.1 Å². The molecule has 0 aromatic heterocycles. The number of hydrogen-bond donors (Lipinski definition) is 4. The molecule has 0 fully saturated rings. The summed E-state index contributed by atoms with van der Waals surface area (Å²) in [5.74, 6) is -13.8. The van der Waals surface area contributed by atoms with Gasteiger partial charge in [-0.3, -0.25) is 19.2 Å². The number of aliphatic carboxylic acids is 2. The molecule has 164 valence electrons. The summed E-state index contributed by atoms with van der Waals surface area (Å²) in [6, 6.07) is -5.23. The van der Waals surface area contributed by atoms with Crippen LogP contribution in [-0.4, -0.2) is 70.3 Å². The molecule has 11 nitrogen and oxygen atoms in total. The van der Waals surface area contributed by atoms with E-state index in [-0.39, 0.29) is 0 Å². The van der Waals surface area contributed by atoms with Crippen LogP contribution < -0.4 is 10.6 Å². The number of alkyl halides is 6. The highest BCUT2D eigenvalue weighted by molar-refractivity contribution is 5.98. The minimum atomic E-state index is -5.58. The molecule has 0 aliphatic heterocycles. The zero-order chi connectivity index (χ0) is 23.2. The molecule has 2 amide bonds. The first kappa shape index (κ1) is 25.6. The predicted octanol–water partition coefficient (Wildman–Crippen LogP) is -0.900. The molecule has 2 atom stereocenters. The fourth-order valence-electron chi connectivity index (χ4n) is 1.46. The fraction of sp³-hybridized carbons (Fsp3) is 0.500. The van der Waals surface area contributed by atoms with Gasteiger partial charge in [0.1, 0.15) is 12.1 Å². The lowest BCUT2D eigenvalue weighted by atomic mass is 10.2. The minimum Gasteiger partial charge on any atom is -0.481 e. The van der Waals surface area contributed by atoms with Crippen LogP contribution >= 0.6 is 0 Å². The van der Waals surface area contributed by atoms with Crippen LogP contribution in [0.15, 0.2) is 0 Å². The van der Waals surface area contributed by atoms with Crippen molar-refractivity contribution in [1.29, 1.82) is 0 Å². The average molecular weight is 440 g/mol. The van der Waals surface area contributed by atoms with Crippen LogP contribution in [0.1, 0.15) is 12.8 Å². The van der Waals surface area contributed by atoms with E-state index < -0.39 is 73.0 Å². The fourth-order valence-corrected chi connectivity index (χ4v) is 1.46. The lowest BCUT2D eigenvalue weighted by Crippen LogP contribution is -2.52. The molecule has 0 unspecified atom stereocenters. The number of rotatable bonds is 8. The van der Waals surface area contributed by atoms with Crippen molar-refractivity contribution in [2.45, 2.75) is 37.3 Å². The molecule has 29 heavy (non-hydrogen) atoms. The molecule has 0 aliphatic carbocycles. The van der Waals surface area contributed by atoms with Crippen LogP contribution in [0.5, 0.6) is 0 Å². The van der Waals surface area contributed by atoms with Crippen LogP contribution in [0.25, 0.3) is 0 Å². The Balaban J connectivity index is 5.42. The Morgan fingerprint density at radius 3 is 1.17 bits per heavy atom. The van der Waals surface area contributed by atoms with E-state index in [2.05, 4.69) is 4.74 Å². The summed E-state index contributed by atoms with van der Waals surface area (Å²) in [7, 11) is 0. The standard InChI is InChI=1S/C12H10F6N2O9/c13-11(14,15)9(27)19-3(1-5(21)22)7(25)29-8(26)4(2-6(23)24)20-10(28)12(16,17)18/h3-4H,1-2H2,(H,19,27)(H,20,28)(H,21,22)(H,23,24)/t3-,4-/m1/s1. The number of hydrogen-bond acceptors (Lipinski definition) is 7. The first-order valence-corrected chi connectivity index (χ1v) is 6.89. The molecule has 0 radical (unpaired) electrons. The van der Waals surface area contributed by atoms with Crippen LogP contribution in [0, 0.1) is 0 Å². The van der Waals surface area contributed by atoms with Crippen molar-refractivity contribution in [1.82, 2.24) is 10.6 Å². The highest BCUT2D eigenvalue weighted by atomic mass is 19.4. The number of esters is 2. The maximum absolute atomic E-state index is 12.2. The molecule has 4 N–H and O–H groups in total. The van der Waals surface area contributed by atoms with Crippen LogP contribution in [0.2, 0.25) is 0 Å². The number of amides is 2. The average Bonchev–Trinajstić information content (AvgIpc) is 2.50. The lowest BCUT2D eigenvalue weighted by molar-refractivity contribution is -0.179. The molecular weight excluding hydrogens is 430 g/mol. The minimum absolute atomic E-state index is 0.883. The third-order valence-corrected chi connectivity index (χ3v) is 2.65. The summed E-state index contributed by atoms with van der Waals surface area (Å²) < 4.78 is 77.0. The van der Waals surface area contributed by atoms with Crippen LogP contribution in [-0.2, 0) is 33.5 Å². The summed E-state index contributed by atoms with van der Waals surface area (Å²) in [4.78, 5) is 66.1. The van der Waals surface area contributed by atoms with Crippen molar-refractivity contribution < 1.29 is 70.1 Å². The van der Waals surface area contributed by atoms with Gasteiger partial charge < -0.3 is 25.6 Å². The van der Waals surface area contributed by atoms with Gasteiger partial charge in [-0.25, -0.2) is 9.59 Å². The van der Waals surface area contributed by atoms with Gasteiger partial charge in [0.2, 0.25) is 0 Å². The summed E-state index contributed by atoms with van der Waals surface area (Å²) in [6.07, 6.45) is -14.2. The third-order valence-electron chi connectivity index (χ3n) is 2.65. The second-order valence-electron chi connectivity index (χ2n) is 4.98. The van der Waals surface area contributed by atoms with Gasteiger partial charge in [-0.2, -0.15) is 26.3 Å². The van der Waals surface area contributed by atoms with Gasteiger partial charge in [0.05, 0.1) is 12.8 Å². The molecule has 0 saturated heterocycles. The van der Waals surface area contributed by atoms with E-state index in [1.54, 1.807) is 0 Å². The van der Waals surface area contributed by atoms with Gasteiger partial charge >= 0.3 is 48.0 Å². The number of nitrogens with one attached hydrogen (secondary N) is 2. The molecule has 0 bridgehead atoms. The quantitative estimate of drug-likeness (QED) is 0.212. The number of ether oxygens (including phenoxy) is 1. The van der Waals surface area contributed by atoms with Gasteiger partial charge in [0, 0.05) is 0 Å². The molecule has 0 aliphatic rings. The van der Waals surface area contributed by atoms with Crippen molar-refractivity contribution >= 4 is 35.7 Å². The zero-order valence-electron chi connectivity index (χ0n) is 13.6. The number of carboxylic acids is 2. The molecule has 0 rings (SSSR count). The topological polar surface area (TPSA) is 176 Å². The maximum Gasteiger partial charge on any atom is 0.471 e. The number of carboxylic acid groups (broad SMARTS) is 2. The molecule has 0 saturated carbocycles. The maximum atomic E-state index is 12.2.